The summed E-state index contributed by atoms with van der Waals surface area (Å²) in [6.07, 6.45) is 77.2. The SMILES string of the molecule is CC/C=C\C/C=C\C/C=C\C/C=C\CCCCCCCCCCC(=O)OC(COC(=O)CCCCCCCCCC)COC(=O)CCCCCCCCCCCCCCCCCCCCCCCCCCCC. The number of carbonyl (C=O) groups is 3. The van der Waals surface area contributed by atoms with E-state index in [1.807, 2.05) is 0 Å². The minimum Gasteiger partial charge on any atom is -0.462 e. The Balaban J connectivity index is 4.12. The second-order valence-corrected chi connectivity index (χ2v) is 21.7. The normalized spacial score (nSPS) is 12.3. The van der Waals surface area contributed by atoms with Crippen molar-refractivity contribution in [3.63, 3.8) is 0 Å². The quantitative estimate of drug-likeness (QED) is 0.0261. The Labute approximate surface area is 454 Å². The number of unbranched alkanes of at least 4 members (excludes halogenated alkanes) is 40. The molecule has 1 atom stereocenters. The summed E-state index contributed by atoms with van der Waals surface area (Å²) in [5, 5.41) is 0. The summed E-state index contributed by atoms with van der Waals surface area (Å²) in [6.45, 7) is 6.54. The van der Waals surface area contributed by atoms with Gasteiger partial charge < -0.3 is 14.2 Å². The van der Waals surface area contributed by atoms with E-state index in [1.165, 1.54) is 212 Å². The Morgan fingerprint density at radius 1 is 0.288 bits per heavy atom. The highest BCUT2D eigenvalue weighted by molar-refractivity contribution is 5.71. The summed E-state index contributed by atoms with van der Waals surface area (Å²) in [7, 11) is 0. The van der Waals surface area contributed by atoms with E-state index in [1.54, 1.807) is 0 Å². The van der Waals surface area contributed by atoms with Gasteiger partial charge in [0.15, 0.2) is 6.10 Å². The van der Waals surface area contributed by atoms with Crippen LogP contribution in [0.4, 0.5) is 0 Å². The van der Waals surface area contributed by atoms with Crippen LogP contribution in [0.25, 0.3) is 0 Å². The summed E-state index contributed by atoms with van der Waals surface area (Å²) in [5.41, 5.74) is 0. The molecular formula is C67H122O6. The molecule has 0 N–H and O–H groups in total. The van der Waals surface area contributed by atoms with Gasteiger partial charge in [0.05, 0.1) is 0 Å². The molecule has 0 aliphatic rings. The molecule has 0 aliphatic heterocycles. The number of hydrogen-bond donors (Lipinski definition) is 0. The fourth-order valence-electron chi connectivity index (χ4n) is 9.56. The first-order valence-corrected chi connectivity index (χ1v) is 32.1. The maximum absolute atomic E-state index is 12.9. The Morgan fingerprint density at radius 2 is 0.534 bits per heavy atom. The molecule has 6 heteroatoms. The Morgan fingerprint density at radius 3 is 0.836 bits per heavy atom. The van der Waals surface area contributed by atoms with Gasteiger partial charge in [-0.15, -0.1) is 0 Å². The second-order valence-electron chi connectivity index (χ2n) is 21.7. The van der Waals surface area contributed by atoms with Crippen molar-refractivity contribution in [2.75, 3.05) is 13.2 Å². The van der Waals surface area contributed by atoms with Crippen molar-refractivity contribution in [2.24, 2.45) is 0 Å². The molecular weight excluding hydrogens is 901 g/mol. The van der Waals surface area contributed by atoms with Crippen molar-refractivity contribution in [3.05, 3.63) is 48.6 Å². The van der Waals surface area contributed by atoms with Gasteiger partial charge in [-0.25, -0.2) is 0 Å². The van der Waals surface area contributed by atoms with Gasteiger partial charge in [-0.1, -0.05) is 313 Å². The number of allylic oxidation sites excluding steroid dienone is 8. The lowest BCUT2D eigenvalue weighted by atomic mass is 10.0. The third-order valence-corrected chi connectivity index (χ3v) is 14.3. The van der Waals surface area contributed by atoms with E-state index in [9.17, 15) is 14.4 Å². The molecule has 0 aromatic rings. The fourth-order valence-corrected chi connectivity index (χ4v) is 9.56. The van der Waals surface area contributed by atoms with Gasteiger partial charge in [0, 0.05) is 19.3 Å². The molecule has 0 radical (unpaired) electrons. The largest absolute Gasteiger partial charge is 0.462 e. The first-order valence-electron chi connectivity index (χ1n) is 32.1. The van der Waals surface area contributed by atoms with Crippen molar-refractivity contribution >= 4 is 17.9 Å². The molecule has 426 valence electrons. The van der Waals surface area contributed by atoms with Crippen molar-refractivity contribution in [3.8, 4) is 0 Å². The Kier molecular flexibility index (Phi) is 59.7. The highest BCUT2D eigenvalue weighted by Crippen LogP contribution is 2.18. The van der Waals surface area contributed by atoms with Crippen LogP contribution in [0, 0.1) is 0 Å². The molecule has 0 aromatic heterocycles. The van der Waals surface area contributed by atoms with E-state index >= 15 is 0 Å². The first kappa shape index (κ1) is 70.4. The molecule has 1 unspecified atom stereocenters. The average Bonchev–Trinajstić information content (AvgIpc) is 3.39. The minimum absolute atomic E-state index is 0.0721. The number of ether oxygens (including phenoxy) is 3. The third-order valence-electron chi connectivity index (χ3n) is 14.3. The predicted molar refractivity (Wildman–Crippen MR) is 316 cm³/mol. The minimum atomic E-state index is -0.774. The zero-order valence-corrected chi connectivity index (χ0v) is 48.9. The number of carbonyl (C=O) groups excluding carboxylic acids is 3. The van der Waals surface area contributed by atoms with Crippen molar-refractivity contribution < 1.29 is 28.6 Å². The molecule has 0 saturated heterocycles. The molecule has 6 nitrogen and oxygen atoms in total. The van der Waals surface area contributed by atoms with Crippen LogP contribution in [0.1, 0.15) is 342 Å². The zero-order chi connectivity index (χ0) is 52.9. The zero-order valence-electron chi connectivity index (χ0n) is 48.9. The summed E-state index contributed by atoms with van der Waals surface area (Å²) in [4.78, 5) is 38.1. The number of rotatable bonds is 59. The molecule has 0 saturated carbocycles. The van der Waals surface area contributed by atoms with E-state index < -0.39 is 6.10 Å². The lowest BCUT2D eigenvalue weighted by molar-refractivity contribution is -0.167. The van der Waals surface area contributed by atoms with Gasteiger partial charge in [-0.3, -0.25) is 14.4 Å². The van der Waals surface area contributed by atoms with E-state index in [0.717, 1.165) is 89.9 Å². The van der Waals surface area contributed by atoms with Crippen molar-refractivity contribution in [1.82, 2.24) is 0 Å². The molecule has 0 fully saturated rings. The summed E-state index contributed by atoms with van der Waals surface area (Å²) < 4.78 is 16.9. The fraction of sp³-hybridized carbons (Fsp3) is 0.836. The van der Waals surface area contributed by atoms with Gasteiger partial charge in [0.1, 0.15) is 13.2 Å². The molecule has 0 aliphatic carbocycles. The molecule has 0 heterocycles. The van der Waals surface area contributed by atoms with Crippen LogP contribution in [0.2, 0.25) is 0 Å². The predicted octanol–water partition coefficient (Wildman–Crippen LogP) is 21.8. The highest BCUT2D eigenvalue weighted by atomic mass is 16.6. The molecule has 73 heavy (non-hydrogen) atoms. The van der Waals surface area contributed by atoms with Crippen LogP contribution in [0.5, 0.6) is 0 Å². The van der Waals surface area contributed by atoms with Crippen LogP contribution in [0.15, 0.2) is 48.6 Å². The standard InChI is InChI=1S/C67H122O6/c1-4-7-10-13-16-19-21-23-25-27-29-31-32-33-34-35-37-38-40-42-44-46-48-51-54-57-60-66(69)72-63-64(62-71-65(68)59-56-53-50-18-15-12-9-6-3)73-67(70)61-58-55-52-49-47-45-43-41-39-36-30-28-26-24-22-20-17-14-11-8-5-2/h8,11,17,20,24,26,30,36,64H,4-7,9-10,12-16,18-19,21-23,25,27-29,31-35,37-63H2,1-3H3/b11-8-,20-17-,26-24-,36-30-. The van der Waals surface area contributed by atoms with Gasteiger partial charge in [-0.2, -0.15) is 0 Å². The lowest BCUT2D eigenvalue weighted by Gasteiger charge is -2.18. The van der Waals surface area contributed by atoms with Crippen LogP contribution in [-0.4, -0.2) is 37.2 Å². The van der Waals surface area contributed by atoms with Crippen LogP contribution in [-0.2, 0) is 28.6 Å². The van der Waals surface area contributed by atoms with E-state index in [0.29, 0.717) is 19.3 Å². The van der Waals surface area contributed by atoms with E-state index in [2.05, 4.69) is 69.4 Å². The number of hydrogen-bond acceptors (Lipinski definition) is 6. The van der Waals surface area contributed by atoms with E-state index in [-0.39, 0.29) is 31.1 Å². The monoisotopic (exact) mass is 1020 g/mol. The Hall–Kier alpha value is -2.63. The van der Waals surface area contributed by atoms with Crippen LogP contribution < -0.4 is 0 Å². The summed E-state index contributed by atoms with van der Waals surface area (Å²) >= 11 is 0. The van der Waals surface area contributed by atoms with Crippen molar-refractivity contribution in [1.29, 1.82) is 0 Å². The van der Waals surface area contributed by atoms with Gasteiger partial charge in [-0.05, 0) is 57.8 Å². The van der Waals surface area contributed by atoms with E-state index in [4.69, 9.17) is 14.2 Å². The molecule has 0 rings (SSSR count). The maximum atomic E-state index is 12.9. The average molecular weight is 1020 g/mol. The van der Waals surface area contributed by atoms with Gasteiger partial charge >= 0.3 is 17.9 Å². The van der Waals surface area contributed by atoms with Crippen LogP contribution >= 0.6 is 0 Å². The Bertz CT molecular complexity index is 1270. The smallest absolute Gasteiger partial charge is 0.306 e. The third kappa shape index (κ3) is 60.1. The molecule has 0 amide bonds. The topological polar surface area (TPSA) is 78.9 Å². The molecule has 0 aromatic carbocycles. The van der Waals surface area contributed by atoms with Crippen molar-refractivity contribution in [2.45, 2.75) is 348 Å². The van der Waals surface area contributed by atoms with Gasteiger partial charge in [0.2, 0.25) is 0 Å². The van der Waals surface area contributed by atoms with Crippen LogP contribution in [0.3, 0.4) is 0 Å². The lowest BCUT2D eigenvalue weighted by Crippen LogP contribution is -2.30. The highest BCUT2D eigenvalue weighted by Gasteiger charge is 2.19. The first-order chi connectivity index (χ1) is 36.0. The maximum Gasteiger partial charge on any atom is 0.306 e. The summed E-state index contributed by atoms with van der Waals surface area (Å²) in [5.74, 6) is -0.865. The molecule has 0 bridgehead atoms. The molecule has 0 spiro atoms. The van der Waals surface area contributed by atoms with Gasteiger partial charge in [0.25, 0.3) is 0 Å². The number of esters is 3. The second kappa shape index (κ2) is 61.9. The summed E-state index contributed by atoms with van der Waals surface area (Å²) in [6, 6.07) is 0.